The number of pyridine rings is 1. The van der Waals surface area contributed by atoms with Gasteiger partial charge in [0.2, 0.25) is 11.8 Å². The second-order valence-corrected chi connectivity index (χ2v) is 9.00. The van der Waals surface area contributed by atoms with E-state index >= 15 is 0 Å². The molecule has 0 saturated carbocycles. The van der Waals surface area contributed by atoms with Gasteiger partial charge in [-0.1, -0.05) is 6.92 Å². The van der Waals surface area contributed by atoms with Gasteiger partial charge in [-0.2, -0.15) is 13.1 Å². The van der Waals surface area contributed by atoms with Gasteiger partial charge in [-0.25, -0.2) is 4.31 Å². The minimum Gasteiger partial charge on any atom is -0.618 e. The monoisotopic (exact) mass is 426 g/mol. The van der Waals surface area contributed by atoms with Gasteiger partial charge in [0.1, 0.15) is 6.04 Å². The summed E-state index contributed by atoms with van der Waals surface area (Å²) in [5, 5.41) is 14.4. The van der Waals surface area contributed by atoms with E-state index in [2.05, 4.69) is 5.32 Å². The molecule has 1 fully saturated rings. The van der Waals surface area contributed by atoms with Crippen molar-refractivity contribution in [3.63, 3.8) is 0 Å². The molecule has 3 N–H and O–H groups in total. The van der Waals surface area contributed by atoms with Gasteiger partial charge >= 0.3 is 15.0 Å². The fraction of sp³-hybridized carbons (Fsp3) is 0.556. The minimum absolute atomic E-state index is 0.0281. The predicted molar refractivity (Wildman–Crippen MR) is 103 cm³/mol. The maximum atomic E-state index is 13.2. The molecule has 1 aromatic rings. The van der Waals surface area contributed by atoms with Crippen molar-refractivity contribution in [3.8, 4) is 0 Å². The first-order valence-electron chi connectivity index (χ1n) is 9.36. The van der Waals surface area contributed by atoms with Crippen LogP contribution in [0.15, 0.2) is 29.4 Å². The van der Waals surface area contributed by atoms with Crippen molar-refractivity contribution in [3.05, 3.63) is 29.6 Å². The quantitative estimate of drug-likeness (QED) is 0.438. The molecule has 0 bridgehead atoms. The summed E-state index contributed by atoms with van der Waals surface area (Å²) in [5.41, 5.74) is 5.21. The summed E-state index contributed by atoms with van der Waals surface area (Å²) in [4.78, 5) is 36.8. The molecule has 0 spiro atoms. The summed E-state index contributed by atoms with van der Waals surface area (Å²) in [7, 11) is -4.60. The van der Waals surface area contributed by atoms with Crippen molar-refractivity contribution in [2.45, 2.75) is 56.6 Å². The minimum atomic E-state index is -4.60. The Bertz CT molecular complexity index is 888. The second-order valence-electron chi connectivity index (χ2n) is 7.24. The summed E-state index contributed by atoms with van der Waals surface area (Å²) in [6.07, 6.45) is 1.33. The number of carbonyl (C=O) groups excluding carboxylic acids is 3. The number of rotatable bonds is 7. The molecule has 160 valence electrons. The Hall–Kier alpha value is -2.53. The zero-order chi connectivity index (χ0) is 21.8. The summed E-state index contributed by atoms with van der Waals surface area (Å²) in [6, 6.07) is 2.54. The zero-order valence-electron chi connectivity index (χ0n) is 16.4. The number of sulfonamides is 1. The molecular formula is C18H26N4O6S. The van der Waals surface area contributed by atoms with Crippen molar-refractivity contribution in [1.82, 2.24) is 9.62 Å². The lowest BCUT2D eigenvalue weighted by Crippen LogP contribution is -2.52. The summed E-state index contributed by atoms with van der Waals surface area (Å²) in [5.74, 6) is -2.56. The number of primary amides is 1. The van der Waals surface area contributed by atoms with Crippen LogP contribution in [0.1, 0.15) is 39.5 Å². The number of ketones is 1. The molecule has 10 nitrogen and oxygen atoms in total. The number of carbonyl (C=O) groups is 3. The van der Waals surface area contributed by atoms with E-state index in [0.717, 1.165) is 12.3 Å². The molecule has 29 heavy (non-hydrogen) atoms. The van der Waals surface area contributed by atoms with Crippen LogP contribution in [0.3, 0.4) is 0 Å². The van der Waals surface area contributed by atoms with Gasteiger partial charge in [0.05, 0.1) is 6.54 Å². The van der Waals surface area contributed by atoms with Gasteiger partial charge in [0.15, 0.2) is 12.0 Å². The molecule has 1 aromatic heterocycles. The number of hydrogen-bond acceptors (Lipinski definition) is 7. The van der Waals surface area contributed by atoms with Crippen LogP contribution < -0.4 is 15.8 Å². The van der Waals surface area contributed by atoms with Crippen LogP contribution in [0, 0.1) is 11.1 Å². The van der Waals surface area contributed by atoms with E-state index in [4.69, 9.17) is 5.73 Å². The molecule has 0 aliphatic carbocycles. The number of nitrogens with one attached hydrogen (secondary N) is 1. The normalized spacial score (nSPS) is 21.2. The number of nitrogens with two attached hydrogens (primary N) is 1. The number of nitrogens with zero attached hydrogens (tertiary/aromatic N) is 2. The highest BCUT2D eigenvalue weighted by Gasteiger charge is 2.43. The molecule has 3 atom stereocenters. The molecule has 11 heteroatoms. The van der Waals surface area contributed by atoms with Gasteiger partial charge in [0, 0.05) is 30.5 Å². The van der Waals surface area contributed by atoms with Gasteiger partial charge in [-0.3, -0.25) is 14.4 Å². The fourth-order valence-corrected chi connectivity index (χ4v) is 4.75. The maximum Gasteiger partial charge on any atom is 0.329 e. The van der Waals surface area contributed by atoms with Crippen LogP contribution in [-0.4, -0.2) is 48.9 Å². The van der Waals surface area contributed by atoms with Gasteiger partial charge in [-0.15, -0.1) is 0 Å². The first kappa shape index (κ1) is 22.8. The fourth-order valence-electron chi connectivity index (χ4n) is 3.09. The van der Waals surface area contributed by atoms with Gasteiger partial charge in [-0.05, 0) is 32.3 Å². The average Bonchev–Trinajstić information content (AvgIpc) is 2.82. The first-order chi connectivity index (χ1) is 13.6. The average molecular weight is 426 g/mol. The summed E-state index contributed by atoms with van der Waals surface area (Å²) in [6.45, 7) is 3.29. The smallest absolute Gasteiger partial charge is 0.329 e. The Morgan fingerprint density at radius 3 is 2.69 bits per heavy atom. The van der Waals surface area contributed by atoms with Crippen molar-refractivity contribution in [1.29, 1.82) is 0 Å². The van der Waals surface area contributed by atoms with E-state index in [1.165, 1.54) is 19.1 Å². The van der Waals surface area contributed by atoms with Gasteiger partial charge < -0.3 is 16.3 Å². The number of aromatic nitrogens is 1. The van der Waals surface area contributed by atoms with E-state index in [9.17, 15) is 28.0 Å². The molecule has 2 amide bonds. The van der Waals surface area contributed by atoms with Crippen LogP contribution in [0.5, 0.6) is 0 Å². The second kappa shape index (κ2) is 9.31. The molecule has 0 radical (unpaired) electrons. The molecule has 2 heterocycles. The SMILES string of the molecule is C[C@@H]1CC[C@H](N(C(=O)CC[C@H](C)C(N)=O)S(=O)(=O)c2cccc[n+]2[O-])C(=O)CN1. The van der Waals surface area contributed by atoms with Crippen molar-refractivity contribution in [2.75, 3.05) is 6.54 Å². The van der Waals surface area contributed by atoms with Crippen molar-refractivity contribution >= 4 is 27.6 Å². The highest BCUT2D eigenvalue weighted by molar-refractivity contribution is 7.89. The Morgan fingerprint density at radius 1 is 1.38 bits per heavy atom. The molecule has 1 saturated heterocycles. The number of amides is 2. The third-order valence-corrected chi connectivity index (χ3v) is 6.81. The Labute approximate surface area is 169 Å². The Balaban J connectivity index is 2.45. The Kier molecular flexibility index (Phi) is 7.31. The lowest BCUT2D eigenvalue weighted by atomic mass is 10.0. The third kappa shape index (κ3) is 5.30. The molecule has 1 aliphatic rings. The zero-order valence-corrected chi connectivity index (χ0v) is 17.2. The Morgan fingerprint density at radius 2 is 2.07 bits per heavy atom. The third-order valence-electron chi connectivity index (χ3n) is 4.99. The van der Waals surface area contributed by atoms with E-state index in [0.29, 0.717) is 10.7 Å². The molecule has 0 unspecified atom stereocenters. The van der Waals surface area contributed by atoms with Crippen LogP contribution >= 0.6 is 0 Å². The number of hydrogen-bond donors (Lipinski definition) is 2. The summed E-state index contributed by atoms with van der Waals surface area (Å²) < 4.78 is 27.1. The van der Waals surface area contributed by atoms with Crippen LogP contribution in [-0.2, 0) is 24.4 Å². The molecule has 0 aromatic carbocycles. The molecule has 2 rings (SSSR count). The van der Waals surface area contributed by atoms with Crippen molar-refractivity contribution < 1.29 is 27.5 Å². The number of Topliss-reactive ketones (excluding diaryl/α,β-unsaturated/α-hetero) is 1. The maximum absolute atomic E-state index is 13.2. The highest BCUT2D eigenvalue weighted by atomic mass is 32.2. The van der Waals surface area contributed by atoms with Crippen molar-refractivity contribution in [2.24, 2.45) is 11.7 Å². The first-order valence-corrected chi connectivity index (χ1v) is 10.8. The van der Waals surface area contributed by atoms with E-state index < -0.39 is 44.6 Å². The lowest BCUT2D eigenvalue weighted by molar-refractivity contribution is -0.646. The molecule has 1 aliphatic heterocycles. The van der Waals surface area contributed by atoms with E-state index in [1.807, 2.05) is 6.92 Å². The van der Waals surface area contributed by atoms with Crippen LogP contribution in [0.2, 0.25) is 0 Å². The highest BCUT2D eigenvalue weighted by Crippen LogP contribution is 2.23. The lowest BCUT2D eigenvalue weighted by Gasteiger charge is -2.28. The van der Waals surface area contributed by atoms with Crippen LogP contribution in [0.25, 0.3) is 0 Å². The largest absolute Gasteiger partial charge is 0.618 e. The summed E-state index contributed by atoms with van der Waals surface area (Å²) >= 11 is 0. The van der Waals surface area contributed by atoms with E-state index in [-0.39, 0.29) is 36.6 Å². The topological polar surface area (TPSA) is 154 Å². The standard InChI is InChI=1S/C18H26N4O6S/c1-12(18(19)25)6-9-16(24)22(14-8-7-13(2)20-11-15(14)23)29(27,28)17-5-3-4-10-21(17)26/h3-5,10,12-14,20H,6-9,11H2,1-2H3,(H2,19,25)/t12-,13+,14-/m0/s1. The predicted octanol–water partition coefficient (Wildman–Crippen LogP) is -0.551. The molecular weight excluding hydrogens is 400 g/mol. The van der Waals surface area contributed by atoms with E-state index in [1.54, 1.807) is 0 Å². The van der Waals surface area contributed by atoms with Crippen LogP contribution in [0.4, 0.5) is 0 Å². The van der Waals surface area contributed by atoms with Gasteiger partial charge in [0.25, 0.3) is 0 Å².